The van der Waals surface area contributed by atoms with Gasteiger partial charge in [-0.3, -0.25) is 4.79 Å². The van der Waals surface area contributed by atoms with E-state index in [0.717, 1.165) is 5.56 Å². The summed E-state index contributed by atoms with van der Waals surface area (Å²) in [6.07, 6.45) is 0. The highest BCUT2D eigenvalue weighted by atomic mass is 16.3. The maximum atomic E-state index is 12.4. The van der Waals surface area contributed by atoms with Crippen LogP contribution in [0, 0.1) is 6.92 Å². The molecule has 2 aromatic rings. The van der Waals surface area contributed by atoms with Crippen molar-refractivity contribution < 1.29 is 9.90 Å². The van der Waals surface area contributed by atoms with Gasteiger partial charge in [-0.25, -0.2) is 0 Å². The molecule has 0 unspecified atom stereocenters. The number of nitrogen functional groups attached to an aromatic ring is 1. The third-order valence-corrected chi connectivity index (χ3v) is 3.00. The molecule has 0 radical (unpaired) electrons. The Bertz CT molecular complexity index is 623. The lowest BCUT2D eigenvalue weighted by Crippen LogP contribution is -2.26. The van der Waals surface area contributed by atoms with Crippen LogP contribution in [0.5, 0.6) is 5.75 Å². The topological polar surface area (TPSA) is 66.6 Å². The molecule has 0 atom stereocenters. The second-order valence-electron chi connectivity index (χ2n) is 4.46. The van der Waals surface area contributed by atoms with Crippen LogP contribution in [0.2, 0.25) is 0 Å². The first kappa shape index (κ1) is 13.0. The number of rotatable bonds is 2. The fourth-order valence-electron chi connectivity index (χ4n) is 1.93. The molecule has 0 fully saturated rings. The Balaban J connectivity index is 2.33. The highest BCUT2D eigenvalue weighted by molar-refractivity contribution is 6.06. The zero-order valence-electron chi connectivity index (χ0n) is 10.9. The first-order chi connectivity index (χ1) is 8.99. The molecule has 0 bridgehead atoms. The normalized spacial score (nSPS) is 10.2. The van der Waals surface area contributed by atoms with Crippen molar-refractivity contribution in [2.45, 2.75) is 6.92 Å². The second kappa shape index (κ2) is 5.02. The molecule has 1 amide bonds. The van der Waals surface area contributed by atoms with Gasteiger partial charge in [0.15, 0.2) is 0 Å². The highest BCUT2D eigenvalue weighted by Crippen LogP contribution is 2.22. The summed E-state index contributed by atoms with van der Waals surface area (Å²) < 4.78 is 0. The number of carbonyl (C=O) groups is 1. The summed E-state index contributed by atoms with van der Waals surface area (Å²) in [5.41, 5.74) is 8.38. The summed E-state index contributed by atoms with van der Waals surface area (Å²) >= 11 is 0. The second-order valence-corrected chi connectivity index (χ2v) is 4.46. The van der Waals surface area contributed by atoms with Crippen LogP contribution in [0.1, 0.15) is 15.9 Å². The van der Waals surface area contributed by atoms with Gasteiger partial charge in [0.05, 0.1) is 0 Å². The van der Waals surface area contributed by atoms with Crippen molar-refractivity contribution in [2.75, 3.05) is 17.7 Å². The van der Waals surface area contributed by atoms with Gasteiger partial charge in [-0.1, -0.05) is 6.07 Å². The van der Waals surface area contributed by atoms with Crippen molar-refractivity contribution in [1.29, 1.82) is 0 Å². The van der Waals surface area contributed by atoms with E-state index in [4.69, 9.17) is 5.73 Å². The van der Waals surface area contributed by atoms with Gasteiger partial charge in [-0.2, -0.15) is 0 Å². The number of hydrogen-bond acceptors (Lipinski definition) is 3. The zero-order valence-corrected chi connectivity index (χ0v) is 10.9. The molecule has 0 heterocycles. The molecule has 2 rings (SSSR count). The minimum absolute atomic E-state index is 0.131. The van der Waals surface area contributed by atoms with E-state index in [1.54, 1.807) is 49.5 Å². The van der Waals surface area contributed by atoms with Crippen molar-refractivity contribution in [3.63, 3.8) is 0 Å². The molecule has 4 heteroatoms. The molecule has 98 valence electrons. The maximum Gasteiger partial charge on any atom is 0.258 e. The summed E-state index contributed by atoms with van der Waals surface area (Å²) in [4.78, 5) is 13.9. The number of phenolic OH excluding ortho intramolecular Hbond substituents is 1. The molecule has 3 N–H and O–H groups in total. The van der Waals surface area contributed by atoms with Crippen LogP contribution >= 0.6 is 0 Å². The number of anilines is 2. The van der Waals surface area contributed by atoms with Gasteiger partial charge in [0.2, 0.25) is 0 Å². The molecule has 0 aliphatic heterocycles. The number of phenols is 1. The molecule has 0 aromatic heterocycles. The van der Waals surface area contributed by atoms with Gasteiger partial charge in [0.25, 0.3) is 5.91 Å². The fraction of sp³-hybridized carbons (Fsp3) is 0.133. The maximum absolute atomic E-state index is 12.4. The first-order valence-electron chi connectivity index (χ1n) is 5.92. The summed E-state index contributed by atoms with van der Waals surface area (Å²) in [7, 11) is 1.67. The van der Waals surface area contributed by atoms with Gasteiger partial charge >= 0.3 is 0 Å². The fourth-order valence-corrected chi connectivity index (χ4v) is 1.93. The molecule has 2 aromatic carbocycles. The summed E-state index contributed by atoms with van der Waals surface area (Å²) in [6.45, 7) is 1.85. The van der Waals surface area contributed by atoms with E-state index < -0.39 is 0 Å². The van der Waals surface area contributed by atoms with E-state index in [1.807, 2.05) is 6.92 Å². The Labute approximate surface area is 112 Å². The lowest BCUT2D eigenvalue weighted by Gasteiger charge is -2.18. The van der Waals surface area contributed by atoms with Crippen molar-refractivity contribution in [3.05, 3.63) is 53.6 Å². The number of nitrogens with zero attached hydrogens (tertiary/aromatic N) is 1. The number of hydrogen-bond donors (Lipinski definition) is 2. The zero-order chi connectivity index (χ0) is 14.0. The molecule has 0 aliphatic carbocycles. The SMILES string of the molecule is Cc1cc(N)ccc1C(=O)N(C)c1cccc(O)c1. The summed E-state index contributed by atoms with van der Waals surface area (Å²) in [5, 5.41) is 9.45. The molecule has 0 spiro atoms. The summed E-state index contributed by atoms with van der Waals surface area (Å²) in [5.74, 6) is -0.00530. The predicted molar refractivity (Wildman–Crippen MR) is 76.4 cm³/mol. The van der Waals surface area contributed by atoms with Crippen molar-refractivity contribution in [2.24, 2.45) is 0 Å². The minimum Gasteiger partial charge on any atom is -0.508 e. The van der Waals surface area contributed by atoms with Crippen LogP contribution < -0.4 is 10.6 Å². The molecule has 0 saturated heterocycles. The lowest BCUT2D eigenvalue weighted by molar-refractivity contribution is 0.0992. The average Bonchev–Trinajstić information content (AvgIpc) is 2.37. The molecule has 19 heavy (non-hydrogen) atoms. The van der Waals surface area contributed by atoms with E-state index in [0.29, 0.717) is 16.9 Å². The van der Waals surface area contributed by atoms with Crippen molar-refractivity contribution in [1.82, 2.24) is 0 Å². The van der Waals surface area contributed by atoms with Crippen LogP contribution in [-0.2, 0) is 0 Å². The third-order valence-electron chi connectivity index (χ3n) is 3.00. The Morgan fingerprint density at radius 3 is 2.58 bits per heavy atom. The van der Waals surface area contributed by atoms with Crippen molar-refractivity contribution >= 4 is 17.3 Å². The highest BCUT2D eigenvalue weighted by Gasteiger charge is 2.15. The van der Waals surface area contributed by atoms with Gasteiger partial charge in [-0.05, 0) is 42.8 Å². The van der Waals surface area contributed by atoms with E-state index in [1.165, 1.54) is 4.90 Å². The van der Waals surface area contributed by atoms with E-state index >= 15 is 0 Å². The average molecular weight is 256 g/mol. The molecule has 4 nitrogen and oxygen atoms in total. The summed E-state index contributed by atoms with van der Waals surface area (Å²) in [6, 6.07) is 11.8. The molecular formula is C15H16N2O2. The Hall–Kier alpha value is -2.49. The van der Waals surface area contributed by atoms with Crippen molar-refractivity contribution in [3.8, 4) is 5.75 Å². The largest absolute Gasteiger partial charge is 0.508 e. The predicted octanol–water partition coefficient (Wildman–Crippen LogP) is 2.56. The smallest absolute Gasteiger partial charge is 0.258 e. The number of benzene rings is 2. The quantitative estimate of drug-likeness (QED) is 0.811. The van der Waals surface area contributed by atoms with E-state index in [-0.39, 0.29) is 11.7 Å². The number of nitrogens with two attached hydrogens (primary N) is 1. The number of aromatic hydroxyl groups is 1. The Morgan fingerprint density at radius 2 is 1.95 bits per heavy atom. The van der Waals surface area contributed by atoms with Crippen LogP contribution in [0.25, 0.3) is 0 Å². The Morgan fingerprint density at radius 1 is 1.21 bits per heavy atom. The van der Waals surface area contributed by atoms with Crippen LogP contribution in [0.15, 0.2) is 42.5 Å². The van der Waals surface area contributed by atoms with Gasteiger partial charge < -0.3 is 15.7 Å². The van der Waals surface area contributed by atoms with Gasteiger partial charge in [0, 0.05) is 30.1 Å². The van der Waals surface area contributed by atoms with E-state index in [9.17, 15) is 9.90 Å². The van der Waals surface area contributed by atoms with Crippen LogP contribution in [0.3, 0.4) is 0 Å². The lowest BCUT2D eigenvalue weighted by atomic mass is 10.1. The Kier molecular flexibility index (Phi) is 3.42. The number of amides is 1. The number of aryl methyl sites for hydroxylation is 1. The minimum atomic E-state index is -0.136. The third kappa shape index (κ3) is 2.68. The first-order valence-corrected chi connectivity index (χ1v) is 5.92. The standard InChI is InChI=1S/C15H16N2O2/c1-10-8-11(16)6-7-14(10)15(19)17(2)12-4-3-5-13(18)9-12/h3-9,18H,16H2,1-2H3. The van der Waals surface area contributed by atoms with Gasteiger partial charge in [0.1, 0.15) is 5.75 Å². The van der Waals surface area contributed by atoms with Crippen LogP contribution in [-0.4, -0.2) is 18.1 Å². The monoisotopic (exact) mass is 256 g/mol. The molecule has 0 aliphatic rings. The van der Waals surface area contributed by atoms with E-state index in [2.05, 4.69) is 0 Å². The number of carbonyl (C=O) groups excluding carboxylic acids is 1. The molecule has 0 saturated carbocycles. The van der Waals surface area contributed by atoms with Crippen LogP contribution in [0.4, 0.5) is 11.4 Å². The van der Waals surface area contributed by atoms with Gasteiger partial charge in [-0.15, -0.1) is 0 Å². The molecular weight excluding hydrogens is 240 g/mol.